The molecule has 2 aromatic rings. The zero-order valence-electron chi connectivity index (χ0n) is 10.1. The molecule has 0 saturated heterocycles. The summed E-state index contributed by atoms with van der Waals surface area (Å²) in [5.74, 6) is 0. The molecule has 1 unspecified atom stereocenters. The summed E-state index contributed by atoms with van der Waals surface area (Å²) in [5, 5.41) is 5.13. The molecule has 1 nitrogen and oxygen atoms in total. The maximum absolute atomic E-state index is 6.08. The highest BCUT2D eigenvalue weighted by Crippen LogP contribution is 2.39. The highest BCUT2D eigenvalue weighted by molar-refractivity contribution is 9.10. The zero-order chi connectivity index (χ0) is 13.4. The molecule has 1 aliphatic rings. The summed E-state index contributed by atoms with van der Waals surface area (Å²) in [5.41, 5.74) is 3.68. The topological polar surface area (TPSA) is 12.0 Å². The number of hydrogen-bond acceptors (Lipinski definition) is 1. The Balaban J connectivity index is 1.92. The summed E-state index contributed by atoms with van der Waals surface area (Å²) in [6, 6.07) is 12.3. The number of halogens is 3. The first-order chi connectivity index (χ1) is 9.13. The molecule has 0 spiro atoms. The summed E-state index contributed by atoms with van der Waals surface area (Å²) in [6.45, 7) is 0. The first-order valence-electron chi connectivity index (χ1n) is 6.13. The minimum Gasteiger partial charge on any atom is -0.377 e. The van der Waals surface area contributed by atoms with Gasteiger partial charge in [0.15, 0.2) is 0 Å². The molecule has 0 aromatic heterocycles. The van der Waals surface area contributed by atoms with E-state index in [4.69, 9.17) is 23.2 Å². The van der Waals surface area contributed by atoms with Crippen LogP contribution in [0.15, 0.2) is 40.9 Å². The Kier molecular flexibility index (Phi) is 3.75. The molecule has 0 amide bonds. The second-order valence-corrected chi connectivity index (χ2v) is 6.44. The average Bonchev–Trinajstić information content (AvgIpc) is 2.39. The molecular formula is C15H12BrCl2N. The van der Waals surface area contributed by atoms with E-state index < -0.39 is 0 Å². The number of rotatable bonds is 1. The van der Waals surface area contributed by atoms with Crippen molar-refractivity contribution in [2.45, 2.75) is 18.9 Å². The smallest absolute Gasteiger partial charge is 0.0523 e. The Morgan fingerprint density at radius 1 is 1.05 bits per heavy atom. The molecule has 98 valence electrons. The fourth-order valence-corrected chi connectivity index (χ4v) is 3.59. The lowest BCUT2D eigenvalue weighted by atomic mass is 9.93. The second-order valence-electron chi connectivity index (χ2n) is 4.71. The highest BCUT2D eigenvalue weighted by Gasteiger charge is 2.21. The third kappa shape index (κ3) is 2.76. The number of benzene rings is 2. The fraction of sp³-hybridized carbons (Fsp3) is 0.200. The van der Waals surface area contributed by atoms with E-state index >= 15 is 0 Å². The van der Waals surface area contributed by atoms with Crippen molar-refractivity contribution in [3.05, 3.63) is 62.0 Å². The molecule has 4 heteroatoms. The maximum atomic E-state index is 6.08. The third-order valence-electron chi connectivity index (χ3n) is 3.43. The van der Waals surface area contributed by atoms with Crippen LogP contribution in [0.5, 0.6) is 0 Å². The van der Waals surface area contributed by atoms with Gasteiger partial charge in [-0.2, -0.15) is 0 Å². The Morgan fingerprint density at radius 3 is 2.53 bits per heavy atom. The van der Waals surface area contributed by atoms with Crippen LogP contribution in [0.1, 0.15) is 23.6 Å². The molecule has 1 N–H and O–H groups in total. The average molecular weight is 357 g/mol. The van der Waals surface area contributed by atoms with Gasteiger partial charge in [0.1, 0.15) is 0 Å². The van der Waals surface area contributed by atoms with E-state index in [-0.39, 0.29) is 0 Å². The van der Waals surface area contributed by atoms with Crippen LogP contribution in [0.25, 0.3) is 0 Å². The molecule has 0 fully saturated rings. The van der Waals surface area contributed by atoms with Gasteiger partial charge in [-0.3, -0.25) is 0 Å². The van der Waals surface area contributed by atoms with Crippen LogP contribution in [0, 0.1) is 0 Å². The second kappa shape index (κ2) is 5.35. The monoisotopic (exact) mass is 355 g/mol. The minimum atomic E-state index is 0.322. The molecule has 19 heavy (non-hydrogen) atoms. The number of hydrogen-bond donors (Lipinski definition) is 1. The van der Waals surface area contributed by atoms with Crippen LogP contribution >= 0.6 is 39.1 Å². The van der Waals surface area contributed by atoms with E-state index in [0.29, 0.717) is 6.04 Å². The zero-order valence-corrected chi connectivity index (χ0v) is 13.2. The Morgan fingerprint density at radius 2 is 1.79 bits per heavy atom. The molecule has 0 saturated carbocycles. The van der Waals surface area contributed by atoms with Crippen molar-refractivity contribution in [3.8, 4) is 0 Å². The van der Waals surface area contributed by atoms with Crippen molar-refractivity contribution in [2.75, 3.05) is 5.32 Å². The number of fused-ring (bicyclic) bond motifs is 1. The molecule has 0 radical (unpaired) electrons. The van der Waals surface area contributed by atoms with Crippen LogP contribution in [0.4, 0.5) is 5.69 Å². The van der Waals surface area contributed by atoms with E-state index in [1.165, 1.54) is 11.1 Å². The van der Waals surface area contributed by atoms with Gasteiger partial charge in [0.05, 0.1) is 11.7 Å². The van der Waals surface area contributed by atoms with Crippen molar-refractivity contribution in [1.82, 2.24) is 0 Å². The number of nitrogens with one attached hydrogen (secondary N) is 1. The van der Waals surface area contributed by atoms with Gasteiger partial charge in [0.25, 0.3) is 0 Å². The first-order valence-corrected chi connectivity index (χ1v) is 7.68. The standard InChI is InChI=1S/C15H12BrCl2N/c16-13-8-12(18)7-10-3-6-14(19-15(10)13)9-1-4-11(17)5-2-9/h1-2,4-5,7-8,14,19H,3,6H2. The van der Waals surface area contributed by atoms with Gasteiger partial charge in [-0.05, 0) is 64.2 Å². The fourth-order valence-electron chi connectivity index (χ4n) is 2.48. The lowest BCUT2D eigenvalue weighted by Crippen LogP contribution is -2.18. The summed E-state index contributed by atoms with van der Waals surface area (Å²) >= 11 is 15.6. The molecule has 2 aromatic carbocycles. The van der Waals surface area contributed by atoms with E-state index in [1.54, 1.807) is 0 Å². The van der Waals surface area contributed by atoms with E-state index in [1.807, 2.05) is 24.3 Å². The third-order valence-corrected chi connectivity index (χ3v) is 4.53. The van der Waals surface area contributed by atoms with Gasteiger partial charge in [-0.25, -0.2) is 0 Å². The van der Waals surface area contributed by atoms with E-state index in [0.717, 1.165) is 33.0 Å². The van der Waals surface area contributed by atoms with Crippen LogP contribution in [0.2, 0.25) is 10.0 Å². The molecular weight excluding hydrogens is 345 g/mol. The van der Waals surface area contributed by atoms with Gasteiger partial charge in [0.2, 0.25) is 0 Å². The number of anilines is 1. The van der Waals surface area contributed by atoms with Crippen LogP contribution in [0.3, 0.4) is 0 Å². The van der Waals surface area contributed by atoms with Crippen molar-refractivity contribution in [2.24, 2.45) is 0 Å². The number of aryl methyl sites for hydroxylation is 1. The highest BCUT2D eigenvalue weighted by atomic mass is 79.9. The lowest BCUT2D eigenvalue weighted by Gasteiger charge is -2.28. The van der Waals surface area contributed by atoms with E-state index in [2.05, 4.69) is 33.4 Å². The summed E-state index contributed by atoms with van der Waals surface area (Å²) in [6.07, 6.45) is 2.08. The summed E-state index contributed by atoms with van der Waals surface area (Å²) in [4.78, 5) is 0. The Hall–Kier alpha value is -0.700. The van der Waals surface area contributed by atoms with Gasteiger partial charge in [-0.15, -0.1) is 0 Å². The van der Waals surface area contributed by atoms with Crippen molar-refractivity contribution in [3.63, 3.8) is 0 Å². The molecule has 1 atom stereocenters. The Bertz CT molecular complexity index is 610. The lowest BCUT2D eigenvalue weighted by molar-refractivity contribution is 0.667. The van der Waals surface area contributed by atoms with Crippen molar-refractivity contribution in [1.29, 1.82) is 0 Å². The van der Waals surface area contributed by atoms with Gasteiger partial charge in [-0.1, -0.05) is 35.3 Å². The SMILES string of the molecule is Clc1ccc(C2CCc3cc(Cl)cc(Br)c3N2)cc1. The van der Waals surface area contributed by atoms with Crippen LogP contribution < -0.4 is 5.32 Å². The quantitative estimate of drug-likeness (QED) is 0.675. The predicted molar refractivity (Wildman–Crippen MR) is 85.3 cm³/mol. The van der Waals surface area contributed by atoms with Gasteiger partial charge in [0, 0.05) is 14.5 Å². The van der Waals surface area contributed by atoms with Crippen LogP contribution in [-0.2, 0) is 6.42 Å². The maximum Gasteiger partial charge on any atom is 0.0523 e. The minimum absolute atomic E-state index is 0.322. The van der Waals surface area contributed by atoms with E-state index in [9.17, 15) is 0 Å². The molecule has 1 aliphatic heterocycles. The molecule has 3 rings (SSSR count). The normalized spacial score (nSPS) is 17.7. The largest absolute Gasteiger partial charge is 0.377 e. The molecule has 1 heterocycles. The van der Waals surface area contributed by atoms with Gasteiger partial charge < -0.3 is 5.32 Å². The Labute approximate surface area is 131 Å². The van der Waals surface area contributed by atoms with Crippen molar-refractivity contribution < 1.29 is 0 Å². The van der Waals surface area contributed by atoms with Crippen molar-refractivity contribution >= 4 is 44.8 Å². The molecule has 0 aliphatic carbocycles. The predicted octanol–water partition coefficient (Wildman–Crippen LogP) is 5.86. The molecule has 0 bridgehead atoms. The summed E-state index contributed by atoms with van der Waals surface area (Å²) < 4.78 is 1.02. The summed E-state index contributed by atoms with van der Waals surface area (Å²) in [7, 11) is 0. The van der Waals surface area contributed by atoms with Gasteiger partial charge >= 0.3 is 0 Å². The first kappa shape index (κ1) is 13.3. The van der Waals surface area contributed by atoms with Crippen LogP contribution in [-0.4, -0.2) is 0 Å².